The molecule has 0 spiro atoms. The predicted octanol–water partition coefficient (Wildman–Crippen LogP) is 1.46. The molecule has 20 heavy (non-hydrogen) atoms. The van der Waals surface area contributed by atoms with Crippen molar-refractivity contribution in [1.82, 2.24) is 0 Å². The van der Waals surface area contributed by atoms with E-state index in [1.54, 1.807) is 0 Å². The highest BCUT2D eigenvalue weighted by molar-refractivity contribution is 6.05. The van der Waals surface area contributed by atoms with Gasteiger partial charge in [0, 0.05) is 5.92 Å². The number of carbonyl (C=O) groups is 2. The van der Waals surface area contributed by atoms with E-state index < -0.39 is 17.5 Å². The Hall–Kier alpha value is -2.03. The highest BCUT2D eigenvalue weighted by Crippen LogP contribution is 2.45. The summed E-state index contributed by atoms with van der Waals surface area (Å²) < 4.78 is 14.9. The zero-order valence-electron chi connectivity index (χ0n) is 11.6. The lowest BCUT2D eigenvalue weighted by Crippen LogP contribution is -2.42. The van der Waals surface area contributed by atoms with Gasteiger partial charge in [-0.2, -0.15) is 5.26 Å². The van der Waals surface area contributed by atoms with Crippen LogP contribution in [0.5, 0.6) is 0 Å². The van der Waals surface area contributed by atoms with Crippen molar-refractivity contribution >= 4 is 11.9 Å². The molecule has 2 aliphatic rings. The van der Waals surface area contributed by atoms with E-state index in [0.29, 0.717) is 0 Å². The molecule has 0 amide bonds. The molecule has 2 rings (SSSR count). The summed E-state index contributed by atoms with van der Waals surface area (Å²) in [7, 11) is 2.47. The van der Waals surface area contributed by atoms with Gasteiger partial charge in [-0.15, -0.1) is 0 Å². The van der Waals surface area contributed by atoms with Crippen molar-refractivity contribution in [3.05, 3.63) is 11.3 Å². The van der Waals surface area contributed by atoms with Crippen LogP contribution >= 0.6 is 0 Å². The maximum atomic E-state index is 12.0. The molecule has 1 aliphatic heterocycles. The van der Waals surface area contributed by atoms with Gasteiger partial charge < -0.3 is 14.2 Å². The fourth-order valence-corrected chi connectivity index (χ4v) is 3.01. The molecule has 0 N–H and O–H groups in total. The van der Waals surface area contributed by atoms with Crippen LogP contribution in [0.1, 0.15) is 32.1 Å². The summed E-state index contributed by atoms with van der Waals surface area (Å²) in [5.41, 5.74) is -1.67. The van der Waals surface area contributed by atoms with Crippen LogP contribution in [0.2, 0.25) is 0 Å². The molecule has 1 aliphatic carbocycles. The molecule has 1 fully saturated rings. The zero-order chi connectivity index (χ0) is 14.8. The Labute approximate surface area is 117 Å². The summed E-state index contributed by atoms with van der Waals surface area (Å²) in [5, 5.41) is 9.59. The van der Waals surface area contributed by atoms with Crippen molar-refractivity contribution < 1.29 is 23.8 Å². The normalized spacial score (nSPS) is 26.9. The van der Waals surface area contributed by atoms with Crippen LogP contribution in [0.25, 0.3) is 0 Å². The molecular weight excluding hydrogens is 262 g/mol. The fraction of sp³-hybridized carbons (Fsp3) is 0.643. The molecule has 0 aromatic rings. The van der Waals surface area contributed by atoms with Gasteiger partial charge in [0.2, 0.25) is 11.4 Å². The number of hydrogen-bond acceptors (Lipinski definition) is 6. The molecule has 0 bridgehead atoms. The molecule has 0 aromatic heterocycles. The van der Waals surface area contributed by atoms with Gasteiger partial charge in [0.1, 0.15) is 11.6 Å². The van der Waals surface area contributed by atoms with Crippen molar-refractivity contribution in [2.45, 2.75) is 37.7 Å². The largest absolute Gasteiger partial charge is 0.489 e. The van der Waals surface area contributed by atoms with Crippen molar-refractivity contribution in [3.8, 4) is 6.07 Å². The van der Waals surface area contributed by atoms with Crippen LogP contribution in [-0.4, -0.2) is 31.8 Å². The molecule has 0 saturated heterocycles. The predicted molar refractivity (Wildman–Crippen MR) is 67.1 cm³/mol. The fourth-order valence-electron chi connectivity index (χ4n) is 3.01. The molecule has 0 radical (unpaired) electrons. The minimum Gasteiger partial charge on any atom is -0.489 e. The van der Waals surface area contributed by atoms with Crippen LogP contribution in [-0.2, 0) is 23.8 Å². The van der Waals surface area contributed by atoms with Crippen molar-refractivity contribution in [3.63, 3.8) is 0 Å². The molecule has 0 aromatic carbocycles. The second-order valence-corrected chi connectivity index (χ2v) is 4.97. The Morgan fingerprint density at radius 2 is 2.00 bits per heavy atom. The third kappa shape index (κ3) is 2.03. The smallest absolute Gasteiger partial charge is 0.376 e. The lowest BCUT2D eigenvalue weighted by molar-refractivity contribution is -0.151. The summed E-state index contributed by atoms with van der Waals surface area (Å²) in [6, 6.07) is 2.03. The minimum absolute atomic E-state index is 0.0955. The summed E-state index contributed by atoms with van der Waals surface area (Å²) >= 11 is 0. The van der Waals surface area contributed by atoms with E-state index in [-0.39, 0.29) is 17.3 Å². The summed E-state index contributed by atoms with van der Waals surface area (Å²) in [4.78, 5) is 23.9. The Bertz CT molecular complexity index is 498. The van der Waals surface area contributed by atoms with E-state index in [0.717, 1.165) is 32.1 Å². The lowest BCUT2D eigenvalue weighted by Gasteiger charge is -2.33. The summed E-state index contributed by atoms with van der Waals surface area (Å²) in [5.74, 6) is -1.95. The quantitative estimate of drug-likeness (QED) is 0.727. The number of cyclic esters (lactones) is 1. The first-order valence-electron chi connectivity index (χ1n) is 6.62. The first-order valence-corrected chi connectivity index (χ1v) is 6.62. The molecule has 1 saturated carbocycles. The van der Waals surface area contributed by atoms with Crippen molar-refractivity contribution in [2.24, 2.45) is 5.92 Å². The van der Waals surface area contributed by atoms with E-state index in [1.807, 2.05) is 6.07 Å². The maximum absolute atomic E-state index is 12.0. The Morgan fingerprint density at radius 1 is 1.35 bits per heavy atom. The van der Waals surface area contributed by atoms with Crippen molar-refractivity contribution in [1.29, 1.82) is 5.26 Å². The topological polar surface area (TPSA) is 85.6 Å². The van der Waals surface area contributed by atoms with Crippen molar-refractivity contribution in [2.75, 3.05) is 14.2 Å². The average molecular weight is 279 g/mol. The third-order valence-corrected chi connectivity index (χ3v) is 3.98. The van der Waals surface area contributed by atoms with Crippen LogP contribution in [0, 0.1) is 17.2 Å². The van der Waals surface area contributed by atoms with E-state index in [4.69, 9.17) is 14.2 Å². The molecule has 1 unspecified atom stereocenters. The van der Waals surface area contributed by atoms with Gasteiger partial charge in [0.05, 0.1) is 14.2 Å². The highest BCUT2D eigenvalue weighted by atomic mass is 16.6. The number of esters is 2. The number of carbonyl (C=O) groups excluding carboxylic acids is 2. The van der Waals surface area contributed by atoms with Gasteiger partial charge in [0.25, 0.3) is 0 Å². The average Bonchev–Trinajstić information content (AvgIpc) is 2.80. The Morgan fingerprint density at radius 3 is 2.50 bits per heavy atom. The maximum Gasteiger partial charge on any atom is 0.376 e. The first-order chi connectivity index (χ1) is 9.60. The van der Waals surface area contributed by atoms with Gasteiger partial charge in [-0.3, -0.25) is 0 Å². The zero-order valence-corrected chi connectivity index (χ0v) is 11.6. The number of methoxy groups -OCH3 is 2. The molecular formula is C14H17NO5. The number of nitriles is 1. The van der Waals surface area contributed by atoms with Crippen LogP contribution < -0.4 is 0 Å². The Balaban J connectivity index is 2.51. The van der Waals surface area contributed by atoms with Gasteiger partial charge in [0.15, 0.2) is 0 Å². The van der Waals surface area contributed by atoms with Gasteiger partial charge in [-0.1, -0.05) is 19.3 Å². The van der Waals surface area contributed by atoms with E-state index in [1.165, 1.54) is 14.2 Å². The molecule has 6 heteroatoms. The molecule has 1 heterocycles. The van der Waals surface area contributed by atoms with Crippen LogP contribution in [0.15, 0.2) is 11.3 Å². The monoisotopic (exact) mass is 279 g/mol. The SMILES string of the molecule is COC(=O)C1=C(OC)C(=O)OC1(C#N)C1CCCCC1. The summed E-state index contributed by atoms with van der Waals surface area (Å²) in [6.07, 6.45) is 4.45. The molecule has 6 nitrogen and oxygen atoms in total. The van der Waals surface area contributed by atoms with Gasteiger partial charge in [-0.25, -0.2) is 9.59 Å². The van der Waals surface area contributed by atoms with Gasteiger partial charge in [-0.05, 0) is 12.8 Å². The molecule has 1 atom stereocenters. The number of rotatable bonds is 3. The first kappa shape index (κ1) is 14.4. The second-order valence-electron chi connectivity index (χ2n) is 4.97. The highest BCUT2D eigenvalue weighted by Gasteiger charge is 2.57. The van der Waals surface area contributed by atoms with E-state index >= 15 is 0 Å². The standard InChI is InChI=1S/C14H17NO5/c1-18-11-10(12(16)19-2)14(8-15,20-13(11)17)9-6-4-3-5-7-9/h9H,3-7H2,1-2H3. The molecule has 108 valence electrons. The van der Waals surface area contributed by atoms with Gasteiger partial charge >= 0.3 is 11.9 Å². The van der Waals surface area contributed by atoms with Crippen LogP contribution in [0.3, 0.4) is 0 Å². The number of ether oxygens (including phenoxy) is 3. The second kappa shape index (κ2) is 5.53. The lowest BCUT2D eigenvalue weighted by atomic mass is 9.74. The van der Waals surface area contributed by atoms with E-state index in [9.17, 15) is 14.9 Å². The number of hydrogen-bond donors (Lipinski definition) is 0. The van der Waals surface area contributed by atoms with Crippen LogP contribution in [0.4, 0.5) is 0 Å². The van der Waals surface area contributed by atoms with E-state index in [2.05, 4.69) is 0 Å². The minimum atomic E-state index is -1.57. The summed E-state index contributed by atoms with van der Waals surface area (Å²) in [6.45, 7) is 0. The number of nitrogens with zero attached hydrogens (tertiary/aromatic N) is 1. The third-order valence-electron chi connectivity index (χ3n) is 3.98. The Kier molecular flexibility index (Phi) is 3.98.